The molecule has 0 bridgehead atoms. The first-order chi connectivity index (χ1) is 19.7. The monoisotopic (exact) mass is 586 g/mol. The maximum Gasteiger partial charge on any atom is 0.434 e. The number of alkyl halides is 3. The molecule has 5 rings (SSSR count). The molecule has 4 heterocycles. The lowest BCUT2D eigenvalue weighted by Crippen LogP contribution is -2.30. The molecule has 2 amide bonds. The van der Waals surface area contributed by atoms with Crippen molar-refractivity contribution in [2.75, 3.05) is 11.9 Å². The summed E-state index contributed by atoms with van der Waals surface area (Å²) in [5.41, 5.74) is 1.01. The number of halogens is 3. The number of aromatic nitrogens is 5. The second-order valence-electron chi connectivity index (χ2n) is 9.69. The van der Waals surface area contributed by atoms with Gasteiger partial charge in [-0.05, 0) is 31.9 Å². The molecule has 0 atom stereocenters. The van der Waals surface area contributed by atoms with Gasteiger partial charge in [0.05, 0.1) is 10.4 Å². The second-order valence-corrected chi connectivity index (χ2v) is 10.8. The van der Waals surface area contributed by atoms with Crippen LogP contribution in [0.25, 0.3) is 33.2 Å². The molecule has 1 fully saturated rings. The summed E-state index contributed by atoms with van der Waals surface area (Å²) < 4.78 is 48.0. The lowest BCUT2D eigenvalue weighted by Gasteiger charge is -2.22. The summed E-state index contributed by atoms with van der Waals surface area (Å²) >= 11 is 0.968. The van der Waals surface area contributed by atoms with E-state index < -0.39 is 17.9 Å². The van der Waals surface area contributed by atoms with E-state index in [2.05, 4.69) is 41.1 Å². The van der Waals surface area contributed by atoms with Gasteiger partial charge < -0.3 is 15.1 Å². The predicted molar refractivity (Wildman–Crippen MR) is 148 cm³/mol. The van der Waals surface area contributed by atoms with Crippen LogP contribution in [0.4, 0.5) is 23.8 Å². The summed E-state index contributed by atoms with van der Waals surface area (Å²) in [5, 5.41) is 16.6. The number of carbonyl (C=O) groups is 1. The molecule has 0 unspecified atom stereocenters. The predicted octanol–water partition coefficient (Wildman–Crippen LogP) is 6.21. The molecule has 0 spiro atoms. The fourth-order valence-corrected chi connectivity index (χ4v) is 5.78. The van der Waals surface area contributed by atoms with E-state index in [-0.39, 0.29) is 34.2 Å². The zero-order valence-electron chi connectivity index (χ0n) is 22.5. The number of urea groups is 1. The van der Waals surface area contributed by atoms with Crippen LogP contribution in [0.15, 0.2) is 35.1 Å². The maximum absolute atomic E-state index is 14.2. The Hall–Kier alpha value is -3.91. The first-order valence-electron chi connectivity index (χ1n) is 13.3. The van der Waals surface area contributed by atoms with Crippen molar-refractivity contribution in [2.24, 2.45) is 0 Å². The minimum absolute atomic E-state index is 0.0646. The van der Waals surface area contributed by atoms with Gasteiger partial charge in [-0.1, -0.05) is 19.3 Å². The number of carbonyl (C=O) groups excluding carboxylic acids is 1. The Morgan fingerprint density at radius 3 is 2.56 bits per heavy atom. The largest absolute Gasteiger partial charge is 0.434 e. The Kier molecular flexibility index (Phi) is 8.59. The van der Waals surface area contributed by atoms with E-state index in [1.807, 2.05) is 0 Å². The van der Waals surface area contributed by atoms with Gasteiger partial charge in [0, 0.05) is 61.3 Å². The van der Waals surface area contributed by atoms with E-state index in [0.29, 0.717) is 34.7 Å². The van der Waals surface area contributed by atoms with Crippen molar-refractivity contribution in [3.8, 4) is 33.2 Å². The van der Waals surface area contributed by atoms with E-state index in [9.17, 15) is 18.0 Å². The first kappa shape index (κ1) is 28.6. The van der Waals surface area contributed by atoms with Crippen LogP contribution < -0.4 is 16.0 Å². The molecule has 3 N–H and O–H groups in total. The molecule has 4 aromatic heterocycles. The number of thiazole rings is 1. The number of rotatable bonds is 8. The standard InChI is InChI=1S/C27H29F3N8O2S/c1-3-32-26(39)35-22-10-19(20(13-34-22)16-9-17(12-31-11-16)24-38-37-15(2)40-24)25-36-23(27(28,29)30)21(41-25)14-33-18-7-5-4-6-8-18/h9-13,18,33H,3-8,14H2,1-2H3,(H2,32,34,35,39). The first-order valence-corrected chi connectivity index (χ1v) is 14.1. The molecule has 0 aliphatic heterocycles. The van der Waals surface area contributed by atoms with Gasteiger partial charge >= 0.3 is 12.2 Å². The SMILES string of the molecule is CCNC(=O)Nc1cc(-c2nc(C(F)(F)F)c(CNC3CCCCC3)s2)c(-c2cncc(-c3nnc(C)o3)c2)cn1. The number of aryl methyl sites for hydroxylation is 1. The van der Waals surface area contributed by atoms with E-state index in [4.69, 9.17) is 4.42 Å². The Bertz CT molecular complexity index is 1510. The van der Waals surface area contributed by atoms with Crippen LogP contribution in [-0.4, -0.2) is 43.8 Å². The summed E-state index contributed by atoms with van der Waals surface area (Å²) in [6, 6.07) is 2.95. The van der Waals surface area contributed by atoms with Crippen molar-refractivity contribution in [3.63, 3.8) is 0 Å². The van der Waals surface area contributed by atoms with Gasteiger partial charge in [-0.3, -0.25) is 10.3 Å². The van der Waals surface area contributed by atoms with Gasteiger partial charge in [0.1, 0.15) is 10.8 Å². The number of hydrogen-bond acceptors (Lipinski definition) is 9. The smallest absolute Gasteiger partial charge is 0.421 e. The van der Waals surface area contributed by atoms with Gasteiger partial charge in [0.2, 0.25) is 11.8 Å². The van der Waals surface area contributed by atoms with Crippen molar-refractivity contribution in [2.45, 2.75) is 64.7 Å². The average molecular weight is 587 g/mol. The summed E-state index contributed by atoms with van der Waals surface area (Å²) in [6.07, 6.45) is 5.12. The van der Waals surface area contributed by atoms with Crippen LogP contribution in [0.1, 0.15) is 55.5 Å². The van der Waals surface area contributed by atoms with Crippen molar-refractivity contribution in [1.82, 2.24) is 35.8 Å². The highest BCUT2D eigenvalue weighted by molar-refractivity contribution is 7.15. The summed E-state index contributed by atoms with van der Waals surface area (Å²) in [4.78, 5) is 25.0. The minimum Gasteiger partial charge on any atom is -0.421 e. The maximum atomic E-state index is 14.2. The van der Waals surface area contributed by atoms with Crippen LogP contribution in [0, 0.1) is 6.92 Å². The van der Waals surface area contributed by atoms with Crippen molar-refractivity contribution in [3.05, 3.63) is 47.2 Å². The molecule has 0 radical (unpaired) electrons. The number of hydrogen-bond donors (Lipinski definition) is 3. The highest BCUT2D eigenvalue weighted by atomic mass is 32.1. The summed E-state index contributed by atoms with van der Waals surface area (Å²) in [7, 11) is 0. The minimum atomic E-state index is -4.63. The second kappa shape index (κ2) is 12.3. The Morgan fingerprint density at radius 2 is 1.85 bits per heavy atom. The quantitative estimate of drug-likeness (QED) is 0.222. The Balaban J connectivity index is 1.57. The van der Waals surface area contributed by atoms with Gasteiger partial charge in [-0.15, -0.1) is 21.5 Å². The molecule has 10 nitrogen and oxygen atoms in total. The average Bonchev–Trinajstić information content (AvgIpc) is 3.59. The Labute approximate surface area is 238 Å². The molecule has 1 aliphatic rings. The zero-order chi connectivity index (χ0) is 29.0. The van der Waals surface area contributed by atoms with Gasteiger partial charge in [-0.2, -0.15) is 13.2 Å². The lowest BCUT2D eigenvalue weighted by atomic mass is 9.95. The molecular formula is C27H29F3N8O2S. The van der Waals surface area contributed by atoms with E-state index in [0.717, 1.165) is 43.4 Å². The third-order valence-electron chi connectivity index (χ3n) is 6.66. The molecule has 1 aliphatic carbocycles. The molecule has 0 aromatic carbocycles. The summed E-state index contributed by atoms with van der Waals surface area (Å²) in [5.74, 6) is 0.799. The molecule has 14 heteroatoms. The number of anilines is 1. The van der Waals surface area contributed by atoms with Crippen LogP contribution in [0.3, 0.4) is 0 Å². The lowest BCUT2D eigenvalue weighted by molar-refractivity contribution is -0.141. The molecule has 4 aromatic rings. The fraction of sp³-hybridized carbons (Fsp3) is 0.407. The van der Waals surface area contributed by atoms with E-state index in [1.165, 1.54) is 12.3 Å². The zero-order valence-corrected chi connectivity index (χ0v) is 23.3. The van der Waals surface area contributed by atoms with Crippen molar-refractivity contribution < 1.29 is 22.4 Å². The van der Waals surface area contributed by atoms with Crippen LogP contribution >= 0.6 is 11.3 Å². The van der Waals surface area contributed by atoms with Crippen LogP contribution in [0.5, 0.6) is 0 Å². The topological polar surface area (TPSA) is 131 Å². The molecular weight excluding hydrogens is 557 g/mol. The van der Waals surface area contributed by atoms with Gasteiger partial charge in [0.15, 0.2) is 5.69 Å². The van der Waals surface area contributed by atoms with Gasteiger partial charge in [-0.25, -0.2) is 14.8 Å². The van der Waals surface area contributed by atoms with E-state index in [1.54, 1.807) is 32.3 Å². The third kappa shape index (κ3) is 6.88. The number of nitrogens with zero attached hydrogens (tertiary/aromatic N) is 5. The number of amides is 2. The molecule has 1 saturated carbocycles. The third-order valence-corrected chi connectivity index (χ3v) is 7.75. The highest BCUT2D eigenvalue weighted by Gasteiger charge is 2.38. The van der Waals surface area contributed by atoms with E-state index >= 15 is 0 Å². The molecule has 216 valence electrons. The van der Waals surface area contributed by atoms with Crippen LogP contribution in [-0.2, 0) is 12.7 Å². The molecule has 41 heavy (non-hydrogen) atoms. The molecule has 0 saturated heterocycles. The van der Waals surface area contributed by atoms with Crippen molar-refractivity contribution in [1.29, 1.82) is 0 Å². The number of pyridine rings is 2. The highest BCUT2D eigenvalue weighted by Crippen LogP contribution is 2.41. The summed E-state index contributed by atoms with van der Waals surface area (Å²) in [6.45, 7) is 3.89. The normalized spacial score (nSPS) is 14.3. The fourth-order valence-electron chi connectivity index (χ4n) is 4.72. The van der Waals surface area contributed by atoms with Crippen LogP contribution in [0.2, 0.25) is 0 Å². The Morgan fingerprint density at radius 1 is 1.07 bits per heavy atom. The van der Waals surface area contributed by atoms with Gasteiger partial charge in [0.25, 0.3) is 0 Å². The van der Waals surface area contributed by atoms with Crippen molar-refractivity contribution >= 4 is 23.2 Å². The number of nitrogens with one attached hydrogen (secondary N) is 3.